The van der Waals surface area contributed by atoms with Gasteiger partial charge in [0, 0.05) is 12.5 Å². The number of aromatic nitrogens is 2. The lowest BCUT2D eigenvalue weighted by Crippen LogP contribution is -2.37. The lowest BCUT2D eigenvalue weighted by atomic mass is 9.85. The highest BCUT2D eigenvalue weighted by Gasteiger charge is 2.23. The molecule has 1 atom stereocenters. The number of benzene rings is 1. The third kappa shape index (κ3) is 4.06. The molecule has 108 valence electrons. The minimum Gasteiger partial charge on any atom is -0.485 e. The van der Waals surface area contributed by atoms with Crippen LogP contribution in [-0.2, 0) is 13.0 Å². The molecule has 0 saturated heterocycles. The molecule has 2 N–H and O–H groups in total. The molecule has 1 aromatic carbocycles. The first-order valence-electron chi connectivity index (χ1n) is 6.70. The summed E-state index contributed by atoms with van der Waals surface area (Å²) in [6.07, 6.45) is 0.571. The Labute approximate surface area is 119 Å². The van der Waals surface area contributed by atoms with Crippen molar-refractivity contribution in [3.05, 3.63) is 42.0 Å². The Morgan fingerprint density at radius 2 is 1.95 bits per heavy atom. The zero-order chi connectivity index (χ0) is 14.6. The smallest absolute Gasteiger partial charge is 0.228 e. The zero-order valence-electron chi connectivity index (χ0n) is 12.2. The standard InChI is InChI=1S/C15H21N3O2/c1-15(2,3)12(16)9-14-17-13(18-20-14)10-19-11-7-5-4-6-8-11/h4-8,12H,9-10,16H2,1-3H3. The zero-order valence-corrected chi connectivity index (χ0v) is 12.2. The van der Waals surface area contributed by atoms with Gasteiger partial charge in [0.25, 0.3) is 0 Å². The number of hydrogen-bond acceptors (Lipinski definition) is 5. The summed E-state index contributed by atoms with van der Waals surface area (Å²) >= 11 is 0. The molecule has 0 radical (unpaired) electrons. The van der Waals surface area contributed by atoms with Crippen molar-refractivity contribution in [2.75, 3.05) is 0 Å². The van der Waals surface area contributed by atoms with Crippen molar-refractivity contribution < 1.29 is 9.26 Å². The van der Waals surface area contributed by atoms with Gasteiger partial charge in [-0.05, 0) is 17.5 Å². The molecule has 0 aliphatic rings. The largest absolute Gasteiger partial charge is 0.485 e. The van der Waals surface area contributed by atoms with Crippen LogP contribution in [0.2, 0.25) is 0 Å². The number of nitrogens with zero attached hydrogens (tertiary/aromatic N) is 2. The molecule has 0 amide bonds. The summed E-state index contributed by atoms with van der Waals surface area (Å²) in [5.74, 6) is 1.87. The normalized spacial score (nSPS) is 13.2. The maximum absolute atomic E-state index is 6.10. The number of hydrogen-bond donors (Lipinski definition) is 1. The van der Waals surface area contributed by atoms with Gasteiger partial charge in [0.1, 0.15) is 5.75 Å². The van der Waals surface area contributed by atoms with Crippen LogP contribution >= 0.6 is 0 Å². The molecule has 0 aliphatic heterocycles. The second-order valence-electron chi connectivity index (χ2n) is 5.88. The third-order valence-electron chi connectivity index (χ3n) is 3.13. The van der Waals surface area contributed by atoms with E-state index in [-0.39, 0.29) is 18.1 Å². The van der Waals surface area contributed by atoms with Crippen LogP contribution in [0.1, 0.15) is 32.5 Å². The summed E-state index contributed by atoms with van der Waals surface area (Å²) in [7, 11) is 0. The van der Waals surface area contributed by atoms with Crippen LogP contribution < -0.4 is 10.5 Å². The van der Waals surface area contributed by atoms with Crippen molar-refractivity contribution >= 4 is 0 Å². The highest BCUT2D eigenvalue weighted by atomic mass is 16.5. The molecule has 1 aromatic heterocycles. The minimum absolute atomic E-state index is 0.00910. The Balaban J connectivity index is 1.89. The fraction of sp³-hybridized carbons (Fsp3) is 0.467. The Morgan fingerprint density at radius 3 is 2.60 bits per heavy atom. The lowest BCUT2D eigenvalue weighted by molar-refractivity contribution is 0.275. The van der Waals surface area contributed by atoms with Crippen molar-refractivity contribution in [1.29, 1.82) is 0 Å². The summed E-state index contributed by atoms with van der Waals surface area (Å²) in [6.45, 7) is 6.56. The van der Waals surface area contributed by atoms with Crippen LogP contribution in [0.15, 0.2) is 34.9 Å². The maximum atomic E-state index is 6.10. The van der Waals surface area contributed by atoms with Gasteiger partial charge >= 0.3 is 0 Å². The monoisotopic (exact) mass is 275 g/mol. The number of para-hydroxylation sites is 1. The Morgan fingerprint density at radius 1 is 1.25 bits per heavy atom. The first-order chi connectivity index (χ1) is 9.45. The molecule has 2 rings (SSSR count). The molecule has 1 unspecified atom stereocenters. The molecule has 0 fully saturated rings. The summed E-state index contributed by atoms with van der Waals surface area (Å²) in [5, 5.41) is 3.90. The molecular formula is C15H21N3O2. The highest BCUT2D eigenvalue weighted by molar-refractivity contribution is 5.20. The minimum atomic E-state index is -0.0224. The van der Waals surface area contributed by atoms with Gasteiger partial charge in [-0.1, -0.05) is 44.1 Å². The fourth-order valence-electron chi connectivity index (χ4n) is 1.59. The molecule has 5 nitrogen and oxygen atoms in total. The van der Waals surface area contributed by atoms with E-state index in [4.69, 9.17) is 15.0 Å². The predicted molar refractivity (Wildman–Crippen MR) is 76.2 cm³/mol. The lowest BCUT2D eigenvalue weighted by Gasteiger charge is -2.25. The summed E-state index contributed by atoms with van der Waals surface area (Å²) in [4.78, 5) is 4.30. The maximum Gasteiger partial charge on any atom is 0.228 e. The van der Waals surface area contributed by atoms with E-state index < -0.39 is 0 Å². The van der Waals surface area contributed by atoms with E-state index in [1.807, 2.05) is 30.3 Å². The van der Waals surface area contributed by atoms with Crippen LogP contribution in [0.3, 0.4) is 0 Å². The molecular weight excluding hydrogens is 254 g/mol. The van der Waals surface area contributed by atoms with Crippen molar-refractivity contribution in [3.63, 3.8) is 0 Å². The van der Waals surface area contributed by atoms with Crippen LogP contribution in [0, 0.1) is 5.41 Å². The summed E-state index contributed by atoms with van der Waals surface area (Å²) in [5.41, 5.74) is 6.11. The second-order valence-corrected chi connectivity index (χ2v) is 5.88. The third-order valence-corrected chi connectivity index (χ3v) is 3.13. The summed E-state index contributed by atoms with van der Waals surface area (Å²) in [6, 6.07) is 9.52. The van der Waals surface area contributed by atoms with Gasteiger partial charge in [-0.3, -0.25) is 0 Å². The van der Waals surface area contributed by atoms with E-state index in [0.29, 0.717) is 18.1 Å². The Bertz CT molecular complexity index is 532. The van der Waals surface area contributed by atoms with Gasteiger partial charge in [-0.25, -0.2) is 0 Å². The summed E-state index contributed by atoms with van der Waals surface area (Å²) < 4.78 is 10.8. The number of rotatable bonds is 5. The van der Waals surface area contributed by atoms with Gasteiger partial charge in [-0.2, -0.15) is 4.98 Å². The topological polar surface area (TPSA) is 74.2 Å². The van der Waals surface area contributed by atoms with E-state index in [1.165, 1.54) is 0 Å². The van der Waals surface area contributed by atoms with Gasteiger partial charge in [0.2, 0.25) is 11.7 Å². The number of ether oxygens (including phenoxy) is 1. The van der Waals surface area contributed by atoms with Crippen LogP contribution in [0.25, 0.3) is 0 Å². The van der Waals surface area contributed by atoms with Crippen LogP contribution in [0.5, 0.6) is 5.75 Å². The van der Waals surface area contributed by atoms with Crippen LogP contribution in [-0.4, -0.2) is 16.2 Å². The van der Waals surface area contributed by atoms with Crippen molar-refractivity contribution in [1.82, 2.24) is 10.1 Å². The molecule has 5 heteroatoms. The average Bonchev–Trinajstić information content (AvgIpc) is 2.84. The van der Waals surface area contributed by atoms with Gasteiger partial charge < -0.3 is 15.0 Å². The first kappa shape index (κ1) is 14.5. The predicted octanol–water partition coefficient (Wildman–Crippen LogP) is 2.56. The van der Waals surface area contributed by atoms with Gasteiger partial charge in [0.05, 0.1) is 0 Å². The fourth-order valence-corrected chi connectivity index (χ4v) is 1.59. The first-order valence-corrected chi connectivity index (χ1v) is 6.70. The van der Waals surface area contributed by atoms with Crippen LogP contribution in [0.4, 0.5) is 0 Å². The van der Waals surface area contributed by atoms with E-state index in [2.05, 4.69) is 30.9 Å². The Hall–Kier alpha value is -1.88. The van der Waals surface area contributed by atoms with E-state index in [9.17, 15) is 0 Å². The van der Waals surface area contributed by atoms with Crippen molar-refractivity contribution in [2.24, 2.45) is 11.1 Å². The van der Waals surface area contributed by atoms with Gasteiger partial charge in [-0.15, -0.1) is 0 Å². The SMILES string of the molecule is CC(C)(C)C(N)Cc1nc(COc2ccccc2)no1. The highest BCUT2D eigenvalue weighted by Crippen LogP contribution is 2.20. The van der Waals surface area contributed by atoms with Crippen molar-refractivity contribution in [3.8, 4) is 5.75 Å². The second kappa shape index (κ2) is 6.05. The molecule has 2 aromatic rings. The van der Waals surface area contributed by atoms with Gasteiger partial charge in [0.15, 0.2) is 6.61 Å². The molecule has 0 spiro atoms. The quantitative estimate of drug-likeness (QED) is 0.907. The molecule has 0 saturated carbocycles. The van der Waals surface area contributed by atoms with E-state index >= 15 is 0 Å². The van der Waals surface area contributed by atoms with E-state index in [0.717, 1.165) is 5.75 Å². The molecule has 0 aliphatic carbocycles. The Kier molecular flexibility index (Phi) is 4.39. The average molecular weight is 275 g/mol. The van der Waals surface area contributed by atoms with Crippen molar-refractivity contribution in [2.45, 2.75) is 39.8 Å². The molecule has 0 bridgehead atoms. The number of nitrogens with two attached hydrogens (primary N) is 1. The molecule has 1 heterocycles. The molecule has 20 heavy (non-hydrogen) atoms. The van der Waals surface area contributed by atoms with E-state index in [1.54, 1.807) is 0 Å².